The molecule has 0 spiro atoms. The molecule has 8 rings (SSSR count). The summed E-state index contributed by atoms with van der Waals surface area (Å²) in [6.07, 6.45) is 4.57. The van der Waals surface area contributed by atoms with Crippen molar-refractivity contribution in [2.45, 2.75) is 13.5 Å². The van der Waals surface area contributed by atoms with Crippen LogP contribution in [0.25, 0.3) is 18.2 Å². The lowest BCUT2D eigenvalue weighted by molar-refractivity contribution is -0.149. The van der Waals surface area contributed by atoms with Crippen LogP contribution in [0, 0.1) is 29.5 Å². The normalized spacial score (nSPS) is 17.0. The van der Waals surface area contributed by atoms with Crippen molar-refractivity contribution < 1.29 is 58.7 Å². The predicted molar refractivity (Wildman–Crippen MR) is 271 cm³/mol. The molecule has 17 nitrogen and oxygen atoms in total. The average molecular weight is 1060 g/mol. The molecule has 0 bridgehead atoms. The third-order valence-electron chi connectivity index (χ3n) is 11.3. The van der Waals surface area contributed by atoms with Crippen molar-refractivity contribution in [2.24, 2.45) is 23.7 Å². The number of amides is 1. The Labute approximate surface area is 420 Å². The Morgan fingerprint density at radius 3 is 1.30 bits per heavy atom. The standard InChI is InChI=1S/C19H19FN2O3S.C13H15NO4S.C12H13NO4S.C5H9NO.ClH/c20-18-9-5-4-8-16(18)12-21-19(23)17-13-22(14-17)26(24,25)11-10-15-6-2-1-3-7-15;1-18-13(15)12-9-14(10-12)19(16,17)8-7-11-5-3-2-4-6-11;14-12(15)11-8-13(9-11)18(16,17)7-6-10-4-2-1-3-5-10;1-4(7)5-2-6-3-5;/h1-11,17H,12-14H2,(H,21,23);2-8,12H,9-10H2,1H3;1-7,11H,8-9H2,(H,14,15);5-6H,2-3H2,1H3;1H/b11-10+;8-7+;7-6+;;. The van der Waals surface area contributed by atoms with Crippen molar-refractivity contribution >= 4 is 84.3 Å². The van der Waals surface area contributed by atoms with Gasteiger partial charge in [-0.15, -0.1) is 12.4 Å². The van der Waals surface area contributed by atoms with Gasteiger partial charge in [0.25, 0.3) is 0 Å². The van der Waals surface area contributed by atoms with Crippen LogP contribution in [0.2, 0.25) is 0 Å². The number of hydrogen-bond acceptors (Lipinski definition) is 12. The number of benzene rings is 4. The van der Waals surface area contributed by atoms with Gasteiger partial charge >= 0.3 is 11.9 Å². The maximum atomic E-state index is 13.5. The molecule has 382 valence electrons. The van der Waals surface area contributed by atoms with E-state index in [9.17, 15) is 48.8 Å². The van der Waals surface area contributed by atoms with Gasteiger partial charge in [0.15, 0.2) is 0 Å². The molecule has 3 N–H and O–H groups in total. The molecule has 4 fully saturated rings. The first kappa shape index (κ1) is 57.7. The van der Waals surface area contributed by atoms with E-state index in [1.54, 1.807) is 55.5 Å². The number of carbonyl (C=O) groups excluding carboxylic acids is 3. The third-order valence-corrected chi connectivity index (χ3v) is 15.8. The molecular weight excluding hydrogens is 1000 g/mol. The van der Waals surface area contributed by atoms with E-state index < -0.39 is 47.9 Å². The van der Waals surface area contributed by atoms with Crippen molar-refractivity contribution in [3.63, 3.8) is 0 Å². The van der Waals surface area contributed by atoms with Crippen LogP contribution in [-0.4, -0.2) is 126 Å². The SMILES string of the molecule is CC(=O)C1CNC1.COC(=O)C1CN(S(=O)(=O)/C=C/c2ccccc2)C1.Cl.O=C(NCc1ccccc1F)C1CN(S(=O)(=O)/C=C/c2ccccc2)C1.O=C(O)C1CN(S(=O)(=O)/C=C/c2ccccc2)C1. The summed E-state index contributed by atoms with van der Waals surface area (Å²) in [5.74, 6) is -2.65. The number of rotatable bonds is 15. The highest BCUT2D eigenvalue weighted by molar-refractivity contribution is 7.92. The molecule has 4 aromatic rings. The molecule has 0 aromatic heterocycles. The minimum Gasteiger partial charge on any atom is -0.481 e. The van der Waals surface area contributed by atoms with E-state index in [0.717, 1.165) is 50.3 Å². The molecule has 4 aliphatic rings. The number of sulfonamides is 3. The molecule has 4 heterocycles. The zero-order valence-corrected chi connectivity index (χ0v) is 42.2. The van der Waals surface area contributed by atoms with Crippen LogP contribution in [0.3, 0.4) is 0 Å². The van der Waals surface area contributed by atoms with Gasteiger partial charge in [0, 0.05) is 86.6 Å². The second-order valence-electron chi connectivity index (χ2n) is 16.5. The topological polar surface area (TPSA) is 234 Å². The second kappa shape index (κ2) is 27.1. The summed E-state index contributed by atoms with van der Waals surface area (Å²) in [7, 11) is -9.20. The number of halogens is 2. The van der Waals surface area contributed by atoms with E-state index in [-0.39, 0.29) is 81.8 Å². The molecule has 22 heteroatoms. The Balaban J connectivity index is 0.000000218. The largest absolute Gasteiger partial charge is 0.481 e. The lowest BCUT2D eigenvalue weighted by Crippen LogP contribution is -2.55. The molecule has 0 saturated carbocycles. The van der Waals surface area contributed by atoms with Crippen LogP contribution in [0.4, 0.5) is 4.39 Å². The number of ketones is 1. The number of carbonyl (C=O) groups is 4. The summed E-state index contributed by atoms with van der Waals surface area (Å²) in [6, 6.07) is 33.6. The van der Waals surface area contributed by atoms with Crippen LogP contribution in [0.5, 0.6) is 0 Å². The van der Waals surface area contributed by atoms with Crippen LogP contribution in [0.15, 0.2) is 131 Å². The fourth-order valence-electron chi connectivity index (χ4n) is 6.56. The first-order chi connectivity index (χ1) is 33.3. The fraction of sp³-hybridized carbons (Fsp3) is 0.306. The van der Waals surface area contributed by atoms with Gasteiger partial charge in [-0.3, -0.25) is 19.2 Å². The molecule has 71 heavy (non-hydrogen) atoms. The number of carboxylic acid groups (broad SMARTS) is 1. The van der Waals surface area contributed by atoms with E-state index >= 15 is 0 Å². The van der Waals surface area contributed by atoms with Crippen molar-refractivity contribution in [1.29, 1.82) is 0 Å². The van der Waals surface area contributed by atoms with Gasteiger partial charge in [0.1, 0.15) is 11.6 Å². The number of nitrogens with zero attached hydrogens (tertiary/aromatic N) is 3. The summed E-state index contributed by atoms with van der Waals surface area (Å²) in [5.41, 5.74) is 2.79. The lowest BCUT2D eigenvalue weighted by atomic mass is 10.00. The Kier molecular flexibility index (Phi) is 22.0. The summed E-state index contributed by atoms with van der Waals surface area (Å²) in [4.78, 5) is 44.3. The summed E-state index contributed by atoms with van der Waals surface area (Å²) < 4.78 is 93.7. The number of aliphatic carboxylic acids is 1. The van der Waals surface area contributed by atoms with Gasteiger partial charge in [-0.25, -0.2) is 29.6 Å². The number of nitrogens with one attached hydrogen (secondary N) is 2. The molecule has 0 aliphatic carbocycles. The van der Waals surface area contributed by atoms with E-state index in [1.165, 1.54) is 33.9 Å². The van der Waals surface area contributed by atoms with Gasteiger partial charge in [-0.05, 0) is 47.9 Å². The number of ether oxygens (including phenoxy) is 1. The van der Waals surface area contributed by atoms with Crippen molar-refractivity contribution in [3.05, 3.63) is 160 Å². The van der Waals surface area contributed by atoms with Crippen molar-refractivity contribution in [1.82, 2.24) is 23.5 Å². The van der Waals surface area contributed by atoms with Gasteiger partial charge < -0.3 is 20.5 Å². The smallest absolute Gasteiger partial charge is 0.311 e. The zero-order valence-electron chi connectivity index (χ0n) is 38.9. The molecule has 0 unspecified atom stereocenters. The number of carboxylic acids is 1. The highest BCUT2D eigenvalue weighted by Gasteiger charge is 2.41. The first-order valence-corrected chi connectivity index (χ1v) is 26.5. The number of esters is 1. The van der Waals surface area contributed by atoms with Crippen LogP contribution in [-0.2, 0) is 60.5 Å². The number of methoxy groups -OCH3 is 1. The zero-order chi connectivity index (χ0) is 50.9. The quantitative estimate of drug-likeness (QED) is 0.137. The lowest BCUT2D eigenvalue weighted by Gasteiger charge is -2.36. The van der Waals surface area contributed by atoms with Crippen molar-refractivity contribution in [3.8, 4) is 0 Å². The van der Waals surface area contributed by atoms with Crippen LogP contribution in [0.1, 0.15) is 29.2 Å². The van der Waals surface area contributed by atoms with Gasteiger partial charge in [0.2, 0.25) is 36.0 Å². The highest BCUT2D eigenvalue weighted by Crippen LogP contribution is 2.24. The molecule has 1 amide bonds. The maximum absolute atomic E-state index is 13.5. The van der Waals surface area contributed by atoms with Crippen LogP contribution >= 0.6 is 12.4 Å². The number of Topliss-reactive ketones (excluding diaryl/α,β-unsaturated/α-hetero) is 1. The van der Waals surface area contributed by atoms with Gasteiger partial charge in [-0.1, -0.05) is 109 Å². The van der Waals surface area contributed by atoms with E-state index in [4.69, 9.17) is 5.11 Å². The average Bonchev–Trinajstić information content (AvgIpc) is 3.26. The molecule has 0 atom stereocenters. The minimum absolute atomic E-state index is 0. The molecule has 4 saturated heterocycles. The third kappa shape index (κ3) is 17.7. The highest BCUT2D eigenvalue weighted by atomic mass is 35.5. The predicted octanol–water partition coefficient (Wildman–Crippen LogP) is 4.69. The Bertz CT molecular complexity index is 2840. The van der Waals surface area contributed by atoms with E-state index in [2.05, 4.69) is 15.4 Å². The van der Waals surface area contributed by atoms with E-state index in [0.29, 0.717) is 17.3 Å². The first-order valence-electron chi connectivity index (χ1n) is 22.0. The van der Waals surface area contributed by atoms with Gasteiger partial charge in [0.05, 0.1) is 24.9 Å². The summed E-state index contributed by atoms with van der Waals surface area (Å²) >= 11 is 0. The summed E-state index contributed by atoms with van der Waals surface area (Å²) in [6.45, 7) is 4.27. The monoisotopic (exact) mass is 1060 g/mol. The van der Waals surface area contributed by atoms with Gasteiger partial charge in [-0.2, -0.15) is 12.9 Å². The minimum atomic E-state index is -3.55. The van der Waals surface area contributed by atoms with E-state index in [1.807, 2.05) is 66.7 Å². The number of hydrogen-bond donors (Lipinski definition) is 3. The molecular formula is C49H57ClFN5O12S3. The van der Waals surface area contributed by atoms with Crippen molar-refractivity contribution in [2.75, 3.05) is 59.5 Å². The molecule has 4 aromatic carbocycles. The molecule has 0 radical (unpaired) electrons. The Morgan fingerprint density at radius 2 is 0.972 bits per heavy atom. The Hall–Kier alpha value is -5.91. The summed E-state index contributed by atoms with van der Waals surface area (Å²) in [5, 5.41) is 17.8. The second-order valence-corrected chi connectivity index (χ2v) is 21.9. The molecule has 4 aliphatic heterocycles. The Morgan fingerprint density at radius 1 is 0.606 bits per heavy atom. The maximum Gasteiger partial charge on any atom is 0.311 e. The van der Waals surface area contributed by atoms with Crippen LogP contribution < -0.4 is 10.6 Å². The fourth-order valence-corrected chi connectivity index (χ4v) is 10.4.